The van der Waals surface area contributed by atoms with Gasteiger partial charge in [-0.1, -0.05) is 81.1 Å². The van der Waals surface area contributed by atoms with Gasteiger partial charge in [0.2, 0.25) is 0 Å². The molecule has 0 unspecified atom stereocenters. The Labute approximate surface area is 242 Å². The SMILES string of the molecule is CCc1c(-c2nnc(C3(c4ccc(Cl)cc4)CC3)s2)nc(-c2ccc(Cl)cc2Cl)n1-c1ccc(Br)cc1. The molecule has 1 aliphatic carbocycles. The minimum absolute atomic E-state index is 0.0938. The monoisotopic (exact) mass is 628 g/mol. The molecule has 2 aromatic heterocycles. The van der Waals surface area contributed by atoms with Gasteiger partial charge in [-0.25, -0.2) is 4.98 Å². The van der Waals surface area contributed by atoms with Crippen LogP contribution in [0.5, 0.6) is 0 Å². The lowest BCUT2D eigenvalue weighted by Gasteiger charge is -2.13. The van der Waals surface area contributed by atoms with Gasteiger partial charge in [0.05, 0.1) is 10.7 Å². The van der Waals surface area contributed by atoms with E-state index in [0.29, 0.717) is 10.0 Å². The molecule has 3 aromatic carbocycles. The largest absolute Gasteiger partial charge is 0.296 e. The third-order valence-electron chi connectivity index (χ3n) is 6.75. The summed E-state index contributed by atoms with van der Waals surface area (Å²) in [5, 5.41) is 13.0. The maximum absolute atomic E-state index is 6.67. The number of aromatic nitrogens is 4. The first kappa shape index (κ1) is 25.1. The highest BCUT2D eigenvalue weighted by Gasteiger charge is 2.49. The molecule has 2 heterocycles. The fourth-order valence-electron chi connectivity index (χ4n) is 4.70. The van der Waals surface area contributed by atoms with E-state index >= 15 is 0 Å². The average molecular weight is 631 g/mol. The van der Waals surface area contributed by atoms with Crippen molar-refractivity contribution in [3.63, 3.8) is 0 Å². The molecular weight excluding hydrogens is 611 g/mol. The maximum atomic E-state index is 6.67. The van der Waals surface area contributed by atoms with E-state index in [1.165, 1.54) is 5.56 Å². The van der Waals surface area contributed by atoms with Crippen molar-refractivity contribution in [2.75, 3.05) is 0 Å². The summed E-state index contributed by atoms with van der Waals surface area (Å²) in [4.78, 5) is 5.13. The van der Waals surface area contributed by atoms with Crippen LogP contribution in [0.2, 0.25) is 15.1 Å². The number of hydrogen-bond donors (Lipinski definition) is 0. The Morgan fingerprint density at radius 2 is 1.62 bits per heavy atom. The van der Waals surface area contributed by atoms with Crippen molar-refractivity contribution < 1.29 is 0 Å². The zero-order valence-corrected chi connectivity index (χ0v) is 24.4. The van der Waals surface area contributed by atoms with Gasteiger partial charge in [0.1, 0.15) is 16.5 Å². The standard InChI is InChI=1S/C28H20BrCl3N4S/c1-2-23-24(26-34-35-27(37-26)28(13-14-28)16-3-7-18(30)8-4-16)33-25(21-12-9-19(31)15-22(21)32)36(23)20-10-5-17(29)6-11-20/h3-12,15H,2,13-14H2,1H3. The third-order valence-corrected chi connectivity index (χ3v) is 9.21. The molecule has 0 radical (unpaired) electrons. The van der Waals surface area contributed by atoms with Gasteiger partial charge in [-0.3, -0.25) is 4.57 Å². The van der Waals surface area contributed by atoms with Gasteiger partial charge in [0, 0.05) is 31.2 Å². The first-order valence-electron chi connectivity index (χ1n) is 11.8. The van der Waals surface area contributed by atoms with Crippen molar-refractivity contribution in [2.24, 2.45) is 0 Å². The van der Waals surface area contributed by atoms with Crippen LogP contribution >= 0.6 is 62.1 Å². The molecule has 0 atom stereocenters. The molecule has 37 heavy (non-hydrogen) atoms. The van der Waals surface area contributed by atoms with Crippen LogP contribution in [0.4, 0.5) is 0 Å². The van der Waals surface area contributed by atoms with Gasteiger partial charge in [0.25, 0.3) is 0 Å². The molecule has 4 nitrogen and oxygen atoms in total. The second-order valence-corrected chi connectivity index (χ2v) is 12.2. The Hall–Kier alpha value is -2.22. The van der Waals surface area contributed by atoms with E-state index in [-0.39, 0.29) is 5.41 Å². The van der Waals surface area contributed by atoms with E-state index < -0.39 is 0 Å². The molecule has 0 bridgehead atoms. The fourth-order valence-corrected chi connectivity index (χ4v) is 6.71. The Morgan fingerprint density at radius 1 is 0.919 bits per heavy atom. The predicted molar refractivity (Wildman–Crippen MR) is 156 cm³/mol. The van der Waals surface area contributed by atoms with Gasteiger partial charge in [-0.2, -0.15) is 0 Å². The maximum Gasteiger partial charge on any atom is 0.168 e. The van der Waals surface area contributed by atoms with Gasteiger partial charge in [0.15, 0.2) is 5.01 Å². The number of halogens is 4. The van der Waals surface area contributed by atoms with Crippen LogP contribution < -0.4 is 0 Å². The minimum atomic E-state index is -0.0938. The van der Waals surface area contributed by atoms with Crippen molar-refractivity contribution in [1.29, 1.82) is 0 Å². The van der Waals surface area contributed by atoms with Crippen molar-refractivity contribution in [2.45, 2.75) is 31.6 Å². The number of rotatable bonds is 6. The van der Waals surface area contributed by atoms with E-state index in [2.05, 4.69) is 61.9 Å². The Balaban J connectivity index is 1.51. The molecule has 9 heteroatoms. The molecule has 6 rings (SSSR count). The van der Waals surface area contributed by atoms with Crippen LogP contribution in [-0.2, 0) is 11.8 Å². The summed E-state index contributed by atoms with van der Waals surface area (Å²) < 4.78 is 3.16. The molecule has 5 aromatic rings. The van der Waals surface area contributed by atoms with Gasteiger partial charge >= 0.3 is 0 Å². The molecule has 0 amide bonds. The second kappa shape index (κ2) is 9.83. The zero-order chi connectivity index (χ0) is 25.7. The highest BCUT2D eigenvalue weighted by molar-refractivity contribution is 9.10. The molecule has 1 saturated carbocycles. The topological polar surface area (TPSA) is 43.6 Å². The summed E-state index contributed by atoms with van der Waals surface area (Å²) in [6, 6.07) is 21.7. The molecule has 0 N–H and O–H groups in total. The van der Waals surface area contributed by atoms with Gasteiger partial charge < -0.3 is 0 Å². The summed E-state index contributed by atoms with van der Waals surface area (Å²) >= 11 is 24.2. The van der Waals surface area contributed by atoms with Crippen LogP contribution in [0.1, 0.15) is 36.0 Å². The molecule has 0 spiro atoms. The fraction of sp³-hybridized carbons (Fsp3) is 0.179. The number of benzene rings is 3. The highest BCUT2D eigenvalue weighted by atomic mass is 79.9. The smallest absolute Gasteiger partial charge is 0.168 e. The average Bonchev–Trinajstić information content (AvgIpc) is 3.38. The Bertz CT molecular complexity index is 1610. The predicted octanol–water partition coefficient (Wildman–Crippen LogP) is 9.42. The normalized spacial score (nSPS) is 14.2. The zero-order valence-electron chi connectivity index (χ0n) is 19.7. The first-order chi connectivity index (χ1) is 17.9. The lowest BCUT2D eigenvalue weighted by atomic mass is 9.97. The first-order valence-corrected chi connectivity index (χ1v) is 14.6. The van der Waals surface area contributed by atoms with E-state index in [1.807, 2.05) is 36.4 Å². The van der Waals surface area contributed by atoms with E-state index in [1.54, 1.807) is 17.4 Å². The highest BCUT2D eigenvalue weighted by Crippen LogP contribution is 2.55. The summed E-state index contributed by atoms with van der Waals surface area (Å²) in [5.74, 6) is 0.742. The Kier molecular flexibility index (Phi) is 6.66. The van der Waals surface area contributed by atoms with Crippen LogP contribution in [0.3, 0.4) is 0 Å². The van der Waals surface area contributed by atoms with E-state index in [9.17, 15) is 0 Å². The molecule has 1 aliphatic rings. The number of nitrogens with zero attached hydrogens (tertiary/aromatic N) is 4. The number of imidazole rings is 1. The van der Waals surface area contributed by atoms with Crippen LogP contribution in [0, 0.1) is 0 Å². The third kappa shape index (κ3) is 4.53. The van der Waals surface area contributed by atoms with E-state index in [4.69, 9.17) is 39.8 Å². The van der Waals surface area contributed by atoms with Crippen LogP contribution in [0.15, 0.2) is 71.2 Å². The van der Waals surface area contributed by atoms with Crippen LogP contribution in [0.25, 0.3) is 27.8 Å². The van der Waals surface area contributed by atoms with Crippen molar-refractivity contribution >= 4 is 62.1 Å². The van der Waals surface area contributed by atoms with Crippen molar-refractivity contribution in [1.82, 2.24) is 19.7 Å². The lowest BCUT2D eigenvalue weighted by Crippen LogP contribution is -2.07. The van der Waals surface area contributed by atoms with Crippen molar-refractivity contribution in [3.8, 4) is 27.8 Å². The molecule has 0 aliphatic heterocycles. The quantitative estimate of drug-likeness (QED) is 0.188. The van der Waals surface area contributed by atoms with Crippen LogP contribution in [-0.4, -0.2) is 19.7 Å². The van der Waals surface area contributed by atoms with E-state index in [0.717, 1.165) is 67.2 Å². The van der Waals surface area contributed by atoms with Crippen molar-refractivity contribution in [3.05, 3.63) is 103 Å². The Morgan fingerprint density at radius 3 is 2.27 bits per heavy atom. The summed E-state index contributed by atoms with van der Waals surface area (Å²) in [6.45, 7) is 2.13. The summed E-state index contributed by atoms with van der Waals surface area (Å²) in [5.41, 5.74) is 4.79. The molecule has 0 saturated heterocycles. The molecule has 186 valence electrons. The van der Waals surface area contributed by atoms with Gasteiger partial charge in [-0.15, -0.1) is 10.2 Å². The van der Waals surface area contributed by atoms with Gasteiger partial charge in [-0.05, 0) is 79.4 Å². The molecular formula is C28H20BrCl3N4S. The summed E-state index contributed by atoms with van der Waals surface area (Å²) in [6.07, 6.45) is 2.84. The molecule has 1 fully saturated rings. The second-order valence-electron chi connectivity index (χ2n) is 9.02. The lowest BCUT2D eigenvalue weighted by molar-refractivity contribution is 0.807. The minimum Gasteiger partial charge on any atom is -0.296 e. The number of hydrogen-bond acceptors (Lipinski definition) is 4. The summed E-state index contributed by atoms with van der Waals surface area (Å²) in [7, 11) is 0.